The number of carbonyl (C=O) groups is 2. The number of hydrogen-bond acceptors (Lipinski definition) is 7. The van der Waals surface area contributed by atoms with Crippen LogP contribution >= 0.6 is 0 Å². The molecule has 194 valence electrons. The maximum absolute atomic E-state index is 14.0. The van der Waals surface area contributed by atoms with Gasteiger partial charge >= 0.3 is 0 Å². The maximum atomic E-state index is 14.0. The third-order valence-electron chi connectivity index (χ3n) is 8.32. The Hall–Kier alpha value is -3.74. The molecule has 3 saturated heterocycles. The molecule has 0 spiro atoms. The predicted octanol–water partition coefficient (Wildman–Crippen LogP) is 4.01. The van der Waals surface area contributed by atoms with E-state index in [0.29, 0.717) is 47.0 Å². The van der Waals surface area contributed by atoms with Crippen LogP contribution < -0.4 is 9.64 Å². The summed E-state index contributed by atoms with van der Waals surface area (Å²) in [6.07, 6.45) is 2.87. The summed E-state index contributed by atoms with van der Waals surface area (Å²) in [5.41, 5.74) is -0.594. The number of amides is 2. The van der Waals surface area contributed by atoms with E-state index in [0.717, 1.165) is 6.26 Å². The minimum atomic E-state index is -3.30. The van der Waals surface area contributed by atoms with Crippen LogP contribution in [0.2, 0.25) is 0 Å². The average molecular weight is 531 g/mol. The summed E-state index contributed by atoms with van der Waals surface area (Å²) >= 11 is 0. The molecule has 0 N–H and O–H groups in total. The number of nitrogens with zero attached hydrogens (tertiary/aromatic N) is 2. The molecular weight excluding hydrogens is 504 g/mol. The highest BCUT2D eigenvalue weighted by atomic mass is 32.2. The molecule has 3 aliphatic heterocycles. The summed E-state index contributed by atoms with van der Waals surface area (Å²) in [7, 11) is -3.30. The fraction of sp³-hybridized carbons (Fsp3) is 0.345. The molecule has 4 unspecified atom stereocenters. The van der Waals surface area contributed by atoms with Gasteiger partial charge in [0.2, 0.25) is 11.8 Å². The number of anilines is 1. The molecule has 8 nitrogen and oxygen atoms in total. The van der Waals surface area contributed by atoms with Gasteiger partial charge < -0.3 is 9.47 Å². The number of ether oxygens (including phenoxy) is 2. The van der Waals surface area contributed by atoms with Crippen LogP contribution in [0, 0.1) is 23.2 Å². The molecular formula is C29H26N2O6S. The Labute approximate surface area is 220 Å². The normalized spacial score (nSPS) is 28.1. The quantitative estimate of drug-likeness (QED) is 0.443. The van der Waals surface area contributed by atoms with E-state index in [1.54, 1.807) is 24.3 Å². The Morgan fingerprint density at radius 3 is 2.37 bits per heavy atom. The summed E-state index contributed by atoms with van der Waals surface area (Å²) in [6.45, 7) is 2.16. The first-order chi connectivity index (χ1) is 18.1. The number of imide groups is 1. The number of fused-ring (bicyclic) bond motifs is 6. The molecule has 0 aromatic heterocycles. The lowest BCUT2D eigenvalue weighted by molar-refractivity contribution is -0.131. The highest BCUT2D eigenvalue weighted by Gasteiger charge is 2.73. The molecule has 2 amide bonds. The Balaban J connectivity index is 1.28. The van der Waals surface area contributed by atoms with E-state index in [-0.39, 0.29) is 23.3 Å². The lowest BCUT2D eigenvalue weighted by Crippen LogP contribution is -2.43. The zero-order chi connectivity index (χ0) is 26.9. The number of nitriles is 1. The number of hydrogen-bond donors (Lipinski definition) is 0. The van der Waals surface area contributed by atoms with Crippen molar-refractivity contribution in [2.45, 2.75) is 42.3 Å². The minimum absolute atomic E-state index is 0.211. The van der Waals surface area contributed by atoms with Crippen LogP contribution in [0.25, 0.3) is 10.8 Å². The summed E-state index contributed by atoms with van der Waals surface area (Å²) in [5, 5.41) is 10.9. The molecule has 38 heavy (non-hydrogen) atoms. The average Bonchev–Trinajstić information content (AvgIpc) is 3.47. The van der Waals surface area contributed by atoms with E-state index in [1.165, 1.54) is 17.0 Å². The third kappa shape index (κ3) is 3.55. The topological polar surface area (TPSA) is 114 Å². The van der Waals surface area contributed by atoms with E-state index in [4.69, 9.17) is 9.47 Å². The molecule has 3 aromatic rings. The Morgan fingerprint density at radius 1 is 1.00 bits per heavy atom. The fourth-order valence-electron chi connectivity index (χ4n) is 6.55. The summed E-state index contributed by atoms with van der Waals surface area (Å²) in [4.78, 5) is 29.3. The van der Waals surface area contributed by atoms with E-state index in [1.807, 2.05) is 31.2 Å². The lowest BCUT2D eigenvalue weighted by atomic mass is 9.67. The molecule has 0 radical (unpaired) electrons. The SMILES string of the molecule is CC12CCC(CCOc3ccc(S(C)(=O)=O)cc3)(O1)C1C(=O)N(c3ccc(C#N)c4ccccc34)C(=O)C12. The smallest absolute Gasteiger partial charge is 0.240 e. The molecule has 0 aliphatic carbocycles. The molecule has 3 aromatic carbocycles. The third-order valence-corrected chi connectivity index (χ3v) is 9.45. The zero-order valence-electron chi connectivity index (χ0n) is 21.0. The standard InChI is InChI=1S/C29H26N2O6S/c1-28-13-14-29(37-28,15-16-36-19-8-10-20(11-9-19)38(2,34)35)25-24(28)26(32)31(27(25)33)23-12-7-18(17-30)21-5-3-4-6-22(21)23/h3-12,24-25H,13-16H2,1-2H3. The van der Waals surface area contributed by atoms with Gasteiger partial charge in [0.1, 0.15) is 5.75 Å². The maximum Gasteiger partial charge on any atom is 0.240 e. The molecule has 0 saturated carbocycles. The molecule has 6 rings (SSSR count). The van der Waals surface area contributed by atoms with Gasteiger partial charge in [0.05, 0.1) is 51.9 Å². The van der Waals surface area contributed by atoms with Gasteiger partial charge in [0.15, 0.2) is 9.84 Å². The summed E-state index contributed by atoms with van der Waals surface area (Å²) in [5.74, 6) is -1.25. The van der Waals surface area contributed by atoms with Crippen molar-refractivity contribution in [1.82, 2.24) is 0 Å². The second-order valence-electron chi connectivity index (χ2n) is 10.6. The number of sulfone groups is 1. The Bertz CT molecular complexity index is 1640. The summed E-state index contributed by atoms with van der Waals surface area (Å²) < 4.78 is 35.8. The highest BCUT2D eigenvalue weighted by Crippen LogP contribution is 2.62. The van der Waals surface area contributed by atoms with Crippen molar-refractivity contribution in [2.24, 2.45) is 11.8 Å². The number of benzene rings is 3. The first-order valence-electron chi connectivity index (χ1n) is 12.5. The van der Waals surface area contributed by atoms with Gasteiger partial charge in [-0.05, 0) is 56.2 Å². The van der Waals surface area contributed by atoms with Crippen LogP contribution in [0.1, 0.15) is 31.7 Å². The van der Waals surface area contributed by atoms with E-state index in [2.05, 4.69) is 6.07 Å². The van der Waals surface area contributed by atoms with E-state index >= 15 is 0 Å². The number of rotatable bonds is 6. The van der Waals surface area contributed by atoms with Crippen molar-refractivity contribution in [3.63, 3.8) is 0 Å². The number of carbonyl (C=O) groups excluding carboxylic acids is 2. The molecule has 3 fully saturated rings. The van der Waals surface area contributed by atoms with Crippen LogP contribution in [0.3, 0.4) is 0 Å². The fourth-order valence-corrected chi connectivity index (χ4v) is 7.18. The van der Waals surface area contributed by atoms with Crippen LogP contribution in [0.15, 0.2) is 65.6 Å². The van der Waals surface area contributed by atoms with Gasteiger partial charge in [-0.15, -0.1) is 0 Å². The van der Waals surface area contributed by atoms with Gasteiger partial charge in [-0.3, -0.25) is 9.59 Å². The second-order valence-corrected chi connectivity index (χ2v) is 12.6. The van der Waals surface area contributed by atoms with Gasteiger partial charge in [0, 0.05) is 23.4 Å². The Morgan fingerprint density at radius 2 is 1.68 bits per heavy atom. The van der Waals surface area contributed by atoms with Crippen molar-refractivity contribution in [3.05, 3.63) is 66.2 Å². The van der Waals surface area contributed by atoms with Gasteiger partial charge in [0.25, 0.3) is 0 Å². The molecule has 4 atom stereocenters. The van der Waals surface area contributed by atoms with Crippen LogP contribution in [-0.4, -0.2) is 44.3 Å². The lowest BCUT2D eigenvalue weighted by Gasteiger charge is -2.31. The first-order valence-corrected chi connectivity index (χ1v) is 14.4. The van der Waals surface area contributed by atoms with Gasteiger partial charge in [-0.1, -0.05) is 24.3 Å². The van der Waals surface area contributed by atoms with Crippen LogP contribution in [0.5, 0.6) is 5.75 Å². The van der Waals surface area contributed by atoms with Crippen LogP contribution in [0.4, 0.5) is 5.69 Å². The van der Waals surface area contributed by atoms with Crippen LogP contribution in [-0.2, 0) is 24.2 Å². The molecule has 3 aliphatic rings. The first kappa shape index (κ1) is 24.6. The monoisotopic (exact) mass is 530 g/mol. The largest absolute Gasteiger partial charge is 0.493 e. The molecule has 3 heterocycles. The van der Waals surface area contributed by atoms with Crippen molar-refractivity contribution < 1.29 is 27.5 Å². The molecule has 9 heteroatoms. The Kier molecular flexibility index (Phi) is 5.42. The van der Waals surface area contributed by atoms with E-state index < -0.39 is 32.9 Å². The van der Waals surface area contributed by atoms with Crippen molar-refractivity contribution in [3.8, 4) is 11.8 Å². The zero-order valence-corrected chi connectivity index (χ0v) is 21.8. The van der Waals surface area contributed by atoms with Crippen molar-refractivity contribution >= 4 is 38.1 Å². The second kappa shape index (κ2) is 8.38. The molecule has 2 bridgehead atoms. The highest BCUT2D eigenvalue weighted by molar-refractivity contribution is 7.90. The van der Waals surface area contributed by atoms with E-state index in [9.17, 15) is 23.3 Å². The summed E-state index contributed by atoms with van der Waals surface area (Å²) in [6, 6.07) is 19.0. The van der Waals surface area contributed by atoms with Crippen molar-refractivity contribution in [1.29, 1.82) is 5.26 Å². The van der Waals surface area contributed by atoms with Crippen molar-refractivity contribution in [2.75, 3.05) is 17.8 Å². The minimum Gasteiger partial charge on any atom is -0.493 e. The van der Waals surface area contributed by atoms with Gasteiger partial charge in [-0.2, -0.15) is 5.26 Å². The van der Waals surface area contributed by atoms with Gasteiger partial charge in [-0.25, -0.2) is 13.3 Å². The predicted molar refractivity (Wildman–Crippen MR) is 139 cm³/mol.